The number of carboxylic acid groups (broad SMARTS) is 1. The molecule has 0 bridgehead atoms. The zero-order valence-electron chi connectivity index (χ0n) is 14.8. The van der Waals surface area contributed by atoms with Crippen LogP contribution in [0.2, 0.25) is 0 Å². The van der Waals surface area contributed by atoms with Crippen LogP contribution < -0.4 is 0 Å². The van der Waals surface area contributed by atoms with Gasteiger partial charge in [-0.05, 0) is 38.5 Å². The number of carbonyl (C=O) groups is 1. The van der Waals surface area contributed by atoms with Gasteiger partial charge in [0, 0.05) is 6.42 Å². The molecule has 4 heteroatoms. The summed E-state index contributed by atoms with van der Waals surface area (Å²) in [5.74, 6) is -0.773. The van der Waals surface area contributed by atoms with Gasteiger partial charge in [0.05, 0.1) is 0 Å². The molecule has 0 saturated heterocycles. The summed E-state index contributed by atoms with van der Waals surface area (Å²) in [6, 6.07) is 0. The molecule has 0 spiro atoms. The fraction of sp³-hybridized carbons (Fsp3) is 0.550. The van der Waals surface area contributed by atoms with E-state index in [1.54, 1.807) is 6.08 Å². The maximum atomic E-state index is 10.4. The summed E-state index contributed by atoms with van der Waals surface area (Å²) < 4.78 is 0. The fourth-order valence-electron chi connectivity index (χ4n) is 2.03. The van der Waals surface area contributed by atoms with E-state index in [4.69, 9.17) is 10.4 Å². The number of allylic oxidation sites excluding steroid dienone is 6. The van der Waals surface area contributed by atoms with E-state index in [0.29, 0.717) is 12.8 Å². The standard InChI is InChI=1S/C20H32O4/c1-2-3-4-5-6-7-8-9-10-13-16-19(24-23)17-14-11-12-15-18-20(21)22/h6-7,9-11,13-14,16,19,23H,2-5,8,12,15,17-18H2,1H3,(H,21,22)/b7-6+,10-9+,14-11+,16-13+. The minimum absolute atomic E-state index is 0.183. The van der Waals surface area contributed by atoms with Crippen molar-refractivity contribution in [2.24, 2.45) is 0 Å². The maximum absolute atomic E-state index is 10.4. The molecule has 1 atom stereocenters. The highest BCUT2D eigenvalue weighted by molar-refractivity contribution is 5.66. The van der Waals surface area contributed by atoms with Crippen LogP contribution in [0.1, 0.15) is 64.7 Å². The summed E-state index contributed by atoms with van der Waals surface area (Å²) in [4.78, 5) is 14.8. The van der Waals surface area contributed by atoms with E-state index in [0.717, 1.165) is 19.3 Å². The lowest BCUT2D eigenvalue weighted by atomic mass is 10.1. The molecule has 0 amide bonds. The summed E-state index contributed by atoms with van der Waals surface area (Å²) in [6.45, 7) is 2.21. The van der Waals surface area contributed by atoms with Crippen LogP contribution in [0, 0.1) is 0 Å². The van der Waals surface area contributed by atoms with E-state index in [1.165, 1.54) is 19.3 Å². The lowest BCUT2D eigenvalue weighted by Crippen LogP contribution is -2.04. The summed E-state index contributed by atoms with van der Waals surface area (Å²) in [6.07, 6.45) is 23.4. The molecule has 0 aliphatic carbocycles. The third-order valence-corrected chi connectivity index (χ3v) is 3.42. The first kappa shape index (κ1) is 22.4. The Labute approximate surface area is 146 Å². The van der Waals surface area contributed by atoms with Crippen LogP contribution >= 0.6 is 0 Å². The predicted octanol–water partition coefficient (Wildman–Crippen LogP) is 5.68. The molecule has 0 aromatic carbocycles. The van der Waals surface area contributed by atoms with Crippen molar-refractivity contribution in [3.63, 3.8) is 0 Å². The van der Waals surface area contributed by atoms with Crippen molar-refractivity contribution < 1.29 is 20.0 Å². The van der Waals surface area contributed by atoms with Gasteiger partial charge in [-0.25, -0.2) is 4.89 Å². The molecule has 0 aliphatic rings. The summed E-state index contributed by atoms with van der Waals surface area (Å²) in [7, 11) is 0. The second-order valence-electron chi connectivity index (χ2n) is 5.65. The Balaban J connectivity index is 3.81. The molecule has 1 unspecified atom stereocenters. The topological polar surface area (TPSA) is 66.8 Å². The third kappa shape index (κ3) is 16.7. The Hall–Kier alpha value is -1.65. The first-order valence-electron chi connectivity index (χ1n) is 8.86. The van der Waals surface area contributed by atoms with E-state index in [-0.39, 0.29) is 12.5 Å². The zero-order valence-corrected chi connectivity index (χ0v) is 14.8. The van der Waals surface area contributed by atoms with Crippen molar-refractivity contribution in [3.05, 3.63) is 48.6 Å². The molecule has 0 aromatic heterocycles. The predicted molar refractivity (Wildman–Crippen MR) is 98.9 cm³/mol. The van der Waals surface area contributed by atoms with Gasteiger partial charge in [0.1, 0.15) is 6.10 Å². The van der Waals surface area contributed by atoms with Gasteiger partial charge in [0.15, 0.2) is 0 Å². The molecule has 136 valence electrons. The van der Waals surface area contributed by atoms with E-state index < -0.39 is 5.97 Å². The van der Waals surface area contributed by atoms with Crippen LogP contribution in [0.3, 0.4) is 0 Å². The number of aliphatic carboxylic acids is 1. The molecule has 24 heavy (non-hydrogen) atoms. The molecule has 0 saturated carbocycles. The first-order valence-corrected chi connectivity index (χ1v) is 8.86. The lowest BCUT2D eigenvalue weighted by Gasteiger charge is -2.04. The Morgan fingerprint density at radius 2 is 1.75 bits per heavy atom. The number of hydrogen-bond acceptors (Lipinski definition) is 3. The summed E-state index contributed by atoms with van der Waals surface area (Å²) in [5, 5.41) is 17.4. The minimum atomic E-state index is -0.773. The largest absolute Gasteiger partial charge is 0.481 e. The highest BCUT2D eigenvalue weighted by atomic mass is 17.1. The zero-order chi connectivity index (χ0) is 17.9. The number of rotatable bonds is 15. The van der Waals surface area contributed by atoms with Crippen molar-refractivity contribution in [2.45, 2.75) is 70.8 Å². The van der Waals surface area contributed by atoms with Gasteiger partial charge < -0.3 is 5.11 Å². The van der Waals surface area contributed by atoms with Gasteiger partial charge in [-0.15, -0.1) is 0 Å². The van der Waals surface area contributed by atoms with Crippen LogP contribution in [-0.2, 0) is 9.68 Å². The van der Waals surface area contributed by atoms with Gasteiger partial charge in [-0.3, -0.25) is 10.1 Å². The van der Waals surface area contributed by atoms with Crippen molar-refractivity contribution >= 4 is 5.97 Å². The van der Waals surface area contributed by atoms with Crippen molar-refractivity contribution in [1.29, 1.82) is 0 Å². The van der Waals surface area contributed by atoms with Crippen LogP contribution in [-0.4, -0.2) is 22.4 Å². The normalized spacial score (nSPS) is 13.8. The molecular weight excluding hydrogens is 304 g/mol. The molecule has 0 radical (unpaired) electrons. The first-order chi connectivity index (χ1) is 11.7. The number of carboxylic acids is 1. The highest BCUT2D eigenvalue weighted by Gasteiger charge is 2.00. The molecule has 0 heterocycles. The van der Waals surface area contributed by atoms with Crippen LogP contribution in [0.15, 0.2) is 48.6 Å². The number of unbranched alkanes of at least 4 members (excludes halogenated alkanes) is 4. The third-order valence-electron chi connectivity index (χ3n) is 3.42. The molecular formula is C20H32O4. The van der Waals surface area contributed by atoms with Gasteiger partial charge in [0.25, 0.3) is 0 Å². The Kier molecular flexibility index (Phi) is 16.5. The molecule has 0 fully saturated rings. The SMILES string of the molecule is CCCCC/C=C/C/C=C/C=C/C(C/C=C/CCCC(=O)O)OO. The molecule has 0 aliphatic heterocycles. The van der Waals surface area contributed by atoms with Crippen molar-refractivity contribution in [3.8, 4) is 0 Å². The smallest absolute Gasteiger partial charge is 0.303 e. The van der Waals surface area contributed by atoms with Gasteiger partial charge in [-0.2, -0.15) is 0 Å². The molecule has 4 nitrogen and oxygen atoms in total. The van der Waals surface area contributed by atoms with Crippen LogP contribution in [0.5, 0.6) is 0 Å². The fourth-order valence-corrected chi connectivity index (χ4v) is 2.03. The second-order valence-corrected chi connectivity index (χ2v) is 5.65. The van der Waals surface area contributed by atoms with E-state index >= 15 is 0 Å². The van der Waals surface area contributed by atoms with Crippen molar-refractivity contribution in [1.82, 2.24) is 0 Å². The maximum Gasteiger partial charge on any atom is 0.303 e. The molecule has 2 N–H and O–H groups in total. The second kappa shape index (κ2) is 17.7. The summed E-state index contributed by atoms with van der Waals surface area (Å²) >= 11 is 0. The number of hydrogen-bond donors (Lipinski definition) is 2. The average molecular weight is 336 g/mol. The van der Waals surface area contributed by atoms with Gasteiger partial charge >= 0.3 is 5.97 Å². The van der Waals surface area contributed by atoms with Gasteiger partial charge in [0.2, 0.25) is 0 Å². The monoisotopic (exact) mass is 336 g/mol. The molecule has 0 aromatic rings. The highest BCUT2D eigenvalue weighted by Crippen LogP contribution is 2.04. The van der Waals surface area contributed by atoms with Crippen LogP contribution in [0.25, 0.3) is 0 Å². The summed E-state index contributed by atoms with van der Waals surface area (Å²) in [5.41, 5.74) is 0. The Morgan fingerprint density at radius 1 is 1.00 bits per heavy atom. The van der Waals surface area contributed by atoms with Crippen molar-refractivity contribution in [2.75, 3.05) is 0 Å². The van der Waals surface area contributed by atoms with Gasteiger partial charge in [-0.1, -0.05) is 68.4 Å². The molecule has 0 rings (SSSR count). The van der Waals surface area contributed by atoms with E-state index in [9.17, 15) is 4.79 Å². The Morgan fingerprint density at radius 3 is 2.46 bits per heavy atom. The van der Waals surface area contributed by atoms with Crippen LogP contribution in [0.4, 0.5) is 0 Å². The van der Waals surface area contributed by atoms with E-state index in [2.05, 4.69) is 30.0 Å². The minimum Gasteiger partial charge on any atom is -0.481 e. The van der Waals surface area contributed by atoms with E-state index in [1.807, 2.05) is 24.3 Å². The lowest BCUT2D eigenvalue weighted by molar-refractivity contribution is -0.264. The Bertz CT molecular complexity index is 408. The average Bonchev–Trinajstić information content (AvgIpc) is 2.57. The quantitative estimate of drug-likeness (QED) is 0.133.